The summed E-state index contributed by atoms with van der Waals surface area (Å²) in [6.07, 6.45) is 7.10. The third-order valence-corrected chi connectivity index (χ3v) is 7.14. The molecule has 0 radical (unpaired) electrons. The van der Waals surface area contributed by atoms with E-state index >= 15 is 0 Å². The van der Waals surface area contributed by atoms with Crippen molar-refractivity contribution in [2.24, 2.45) is 18.7 Å². The largest absolute Gasteiger partial charge is 0.507 e. The number of carbonyl (C=O) groups is 1. The molecule has 7 nitrogen and oxygen atoms in total. The number of nitrogens with two attached hydrogens (primary N) is 1. The Morgan fingerprint density at radius 3 is 2.65 bits per heavy atom. The summed E-state index contributed by atoms with van der Waals surface area (Å²) in [6, 6.07) is 14.7. The normalized spacial score (nSPS) is 20.3. The van der Waals surface area contributed by atoms with E-state index in [0.29, 0.717) is 12.0 Å². The van der Waals surface area contributed by atoms with Crippen molar-refractivity contribution < 1.29 is 9.90 Å². The van der Waals surface area contributed by atoms with Gasteiger partial charge in [-0.25, -0.2) is 0 Å². The molecule has 7 heteroatoms. The smallest absolute Gasteiger partial charge is 0.252 e. The Morgan fingerprint density at radius 1 is 1.18 bits per heavy atom. The summed E-state index contributed by atoms with van der Waals surface area (Å²) in [5, 5.41) is 17.9. The van der Waals surface area contributed by atoms with E-state index in [1.807, 2.05) is 30.2 Å². The fraction of sp³-hybridized carbons (Fsp3) is 0.407. The van der Waals surface area contributed by atoms with Gasteiger partial charge in [-0.05, 0) is 60.5 Å². The van der Waals surface area contributed by atoms with E-state index in [1.54, 1.807) is 12.1 Å². The third kappa shape index (κ3) is 5.16. The Bertz CT molecular complexity index is 1150. The van der Waals surface area contributed by atoms with Gasteiger partial charge in [0, 0.05) is 50.4 Å². The van der Waals surface area contributed by atoms with Crippen molar-refractivity contribution in [1.82, 2.24) is 20.0 Å². The van der Waals surface area contributed by atoms with E-state index < -0.39 is 5.91 Å². The van der Waals surface area contributed by atoms with Crippen LogP contribution in [0.5, 0.6) is 5.75 Å². The molecule has 3 aromatic rings. The number of primary amides is 1. The standard InChI is InChI=1S/C27H33N5O2/c1-31-17-22(14-30-31)20-5-7-21(8-6-20)24-12-25(24)29-13-19-15-32(16-19)10-2-3-18-4-9-23(27(28)34)26(33)11-18/h4-9,11,14,17,19,24-25,29,33H,2-3,10,12-13,15-16H2,1H3,(H2,28,34). The van der Waals surface area contributed by atoms with Crippen molar-refractivity contribution in [3.63, 3.8) is 0 Å². The number of aromatic nitrogens is 2. The molecule has 5 rings (SSSR count). The van der Waals surface area contributed by atoms with Crippen LogP contribution in [0.3, 0.4) is 0 Å². The molecule has 0 bridgehead atoms. The first-order valence-electron chi connectivity index (χ1n) is 12.1. The zero-order chi connectivity index (χ0) is 23.7. The fourth-order valence-corrected chi connectivity index (χ4v) is 5.04. The van der Waals surface area contributed by atoms with Crippen molar-refractivity contribution in [2.75, 3.05) is 26.2 Å². The van der Waals surface area contributed by atoms with Crippen LogP contribution in [-0.2, 0) is 13.5 Å². The van der Waals surface area contributed by atoms with Gasteiger partial charge in [-0.3, -0.25) is 9.48 Å². The summed E-state index contributed by atoms with van der Waals surface area (Å²) in [5.74, 6) is 0.744. The van der Waals surface area contributed by atoms with Gasteiger partial charge in [-0.2, -0.15) is 5.10 Å². The molecule has 34 heavy (non-hydrogen) atoms. The van der Waals surface area contributed by atoms with Crippen LogP contribution in [0.25, 0.3) is 11.1 Å². The molecular weight excluding hydrogens is 426 g/mol. The number of nitrogens with zero attached hydrogens (tertiary/aromatic N) is 3. The molecule has 2 aliphatic rings. The molecule has 2 atom stereocenters. The topological polar surface area (TPSA) is 96.4 Å². The number of phenols is 1. The lowest BCUT2D eigenvalue weighted by Gasteiger charge is -2.39. The van der Waals surface area contributed by atoms with E-state index in [1.165, 1.54) is 17.5 Å². The Kier molecular flexibility index (Phi) is 6.39. The number of benzene rings is 2. The fourth-order valence-electron chi connectivity index (χ4n) is 5.04. The Balaban J connectivity index is 0.979. The highest BCUT2D eigenvalue weighted by molar-refractivity contribution is 5.95. The predicted molar refractivity (Wildman–Crippen MR) is 133 cm³/mol. The monoisotopic (exact) mass is 459 g/mol. The number of rotatable bonds is 10. The summed E-state index contributed by atoms with van der Waals surface area (Å²) in [7, 11) is 1.94. The molecule has 1 amide bonds. The molecule has 1 aliphatic carbocycles. The summed E-state index contributed by atoms with van der Waals surface area (Å²) in [4.78, 5) is 13.7. The molecule has 1 aliphatic heterocycles. The van der Waals surface area contributed by atoms with Gasteiger partial charge in [-0.1, -0.05) is 30.3 Å². The van der Waals surface area contributed by atoms with Gasteiger partial charge >= 0.3 is 0 Å². The van der Waals surface area contributed by atoms with Crippen LogP contribution in [-0.4, -0.2) is 57.9 Å². The van der Waals surface area contributed by atoms with Crippen LogP contribution in [0.4, 0.5) is 0 Å². The third-order valence-electron chi connectivity index (χ3n) is 7.14. The van der Waals surface area contributed by atoms with Gasteiger partial charge in [-0.15, -0.1) is 0 Å². The maximum Gasteiger partial charge on any atom is 0.252 e. The van der Waals surface area contributed by atoms with Crippen LogP contribution in [0, 0.1) is 5.92 Å². The molecule has 1 aromatic heterocycles. The number of carbonyl (C=O) groups excluding carboxylic acids is 1. The number of aromatic hydroxyl groups is 1. The molecular formula is C27H33N5O2. The van der Waals surface area contributed by atoms with Crippen LogP contribution < -0.4 is 11.1 Å². The number of likely N-dealkylation sites (tertiary alicyclic amines) is 1. The summed E-state index contributed by atoms with van der Waals surface area (Å²) >= 11 is 0. The maximum absolute atomic E-state index is 11.2. The van der Waals surface area contributed by atoms with Crippen LogP contribution in [0.2, 0.25) is 0 Å². The molecule has 1 saturated heterocycles. The molecule has 0 spiro atoms. The number of hydrogen-bond acceptors (Lipinski definition) is 5. The van der Waals surface area contributed by atoms with E-state index in [9.17, 15) is 9.90 Å². The van der Waals surface area contributed by atoms with Crippen LogP contribution in [0.1, 0.15) is 40.2 Å². The van der Waals surface area contributed by atoms with E-state index in [0.717, 1.165) is 56.1 Å². The van der Waals surface area contributed by atoms with Gasteiger partial charge in [0.15, 0.2) is 0 Å². The highest BCUT2D eigenvalue weighted by Gasteiger charge is 2.39. The van der Waals surface area contributed by atoms with E-state index in [-0.39, 0.29) is 11.3 Å². The molecule has 1 saturated carbocycles. The quantitative estimate of drug-likeness (QED) is 0.433. The SMILES string of the molecule is Cn1cc(-c2ccc(C3CC3NCC3CN(CCCc4ccc(C(N)=O)c(O)c4)C3)cc2)cn1. The minimum absolute atomic E-state index is 0.0251. The van der Waals surface area contributed by atoms with E-state index in [4.69, 9.17) is 5.73 Å². The molecule has 2 aromatic carbocycles. The zero-order valence-electron chi connectivity index (χ0n) is 19.7. The number of aryl methyl sites for hydroxylation is 2. The first-order chi connectivity index (χ1) is 16.5. The first kappa shape index (κ1) is 22.6. The van der Waals surface area contributed by atoms with Gasteiger partial charge in [0.2, 0.25) is 0 Å². The van der Waals surface area contributed by atoms with Crippen molar-refractivity contribution in [1.29, 1.82) is 0 Å². The second kappa shape index (κ2) is 9.60. The van der Waals surface area contributed by atoms with Gasteiger partial charge in [0.1, 0.15) is 5.75 Å². The molecule has 178 valence electrons. The Hall–Kier alpha value is -3.16. The highest BCUT2D eigenvalue weighted by Crippen LogP contribution is 2.41. The molecule has 2 heterocycles. The summed E-state index contributed by atoms with van der Waals surface area (Å²) in [5.41, 5.74) is 10.3. The second-order valence-corrected chi connectivity index (χ2v) is 9.83. The van der Waals surface area contributed by atoms with Gasteiger partial charge in [0.25, 0.3) is 5.91 Å². The minimum atomic E-state index is -0.597. The van der Waals surface area contributed by atoms with Crippen molar-refractivity contribution in [3.05, 3.63) is 71.5 Å². The van der Waals surface area contributed by atoms with Crippen molar-refractivity contribution >= 4 is 5.91 Å². The lowest BCUT2D eigenvalue weighted by Crippen LogP contribution is -2.51. The highest BCUT2D eigenvalue weighted by atomic mass is 16.3. The summed E-state index contributed by atoms with van der Waals surface area (Å²) < 4.78 is 1.84. The van der Waals surface area contributed by atoms with Crippen molar-refractivity contribution in [2.45, 2.75) is 31.2 Å². The number of amides is 1. The average molecular weight is 460 g/mol. The van der Waals surface area contributed by atoms with Gasteiger partial charge < -0.3 is 21.1 Å². The number of hydrogen-bond donors (Lipinski definition) is 3. The molecule has 2 unspecified atom stereocenters. The van der Waals surface area contributed by atoms with Crippen LogP contribution in [0.15, 0.2) is 54.9 Å². The molecule has 4 N–H and O–H groups in total. The number of nitrogens with one attached hydrogen (secondary N) is 1. The minimum Gasteiger partial charge on any atom is -0.507 e. The van der Waals surface area contributed by atoms with Crippen molar-refractivity contribution in [3.8, 4) is 16.9 Å². The Morgan fingerprint density at radius 2 is 1.97 bits per heavy atom. The van der Waals surface area contributed by atoms with E-state index in [2.05, 4.69) is 39.6 Å². The molecule has 2 fully saturated rings. The first-order valence-corrected chi connectivity index (χ1v) is 12.1. The lowest BCUT2D eigenvalue weighted by atomic mass is 9.98. The summed E-state index contributed by atoms with van der Waals surface area (Å²) in [6.45, 7) is 4.45. The zero-order valence-corrected chi connectivity index (χ0v) is 19.7. The average Bonchev–Trinajstić information content (AvgIpc) is 3.44. The predicted octanol–water partition coefficient (Wildman–Crippen LogP) is 2.90. The second-order valence-electron chi connectivity index (χ2n) is 9.83. The maximum atomic E-state index is 11.2. The lowest BCUT2D eigenvalue weighted by molar-refractivity contribution is 0.0982. The van der Waals surface area contributed by atoms with Crippen LogP contribution >= 0.6 is 0 Å². The van der Waals surface area contributed by atoms with Gasteiger partial charge in [0.05, 0.1) is 11.8 Å². The Labute approximate surface area is 200 Å².